The summed E-state index contributed by atoms with van der Waals surface area (Å²) >= 11 is 5.73. The van der Waals surface area contributed by atoms with E-state index >= 15 is 0 Å². The fraction of sp³-hybridized carbons (Fsp3) is 0.375. The topological polar surface area (TPSA) is 63.6 Å². The highest BCUT2D eigenvalue weighted by atomic mass is 35.5. The van der Waals surface area contributed by atoms with Gasteiger partial charge in [-0.2, -0.15) is 0 Å². The number of carbonyl (C=O) groups excluding carboxylic acids is 1. The first-order chi connectivity index (χ1) is 10.9. The van der Waals surface area contributed by atoms with E-state index in [1.54, 1.807) is 6.07 Å². The molecule has 1 aromatic carbocycles. The van der Waals surface area contributed by atoms with Gasteiger partial charge in [-0.25, -0.2) is 12.8 Å². The number of benzene rings is 1. The molecule has 2 atom stereocenters. The molecule has 7 heteroatoms. The van der Waals surface area contributed by atoms with Crippen LogP contribution in [-0.4, -0.2) is 25.7 Å². The normalized spacial score (nSPS) is 28.6. The highest BCUT2D eigenvalue weighted by Crippen LogP contribution is 2.49. The van der Waals surface area contributed by atoms with Crippen LogP contribution in [0, 0.1) is 11.7 Å². The van der Waals surface area contributed by atoms with Crippen molar-refractivity contribution in [2.24, 2.45) is 10.9 Å². The van der Waals surface area contributed by atoms with Crippen molar-refractivity contribution in [3.8, 4) is 0 Å². The van der Waals surface area contributed by atoms with Crippen LogP contribution in [0.4, 0.5) is 4.39 Å². The molecule has 120 valence electrons. The first-order valence-electron chi connectivity index (χ1n) is 7.39. The van der Waals surface area contributed by atoms with Crippen molar-refractivity contribution in [1.29, 1.82) is 0 Å². The van der Waals surface area contributed by atoms with Gasteiger partial charge in [-0.3, -0.25) is 9.79 Å². The summed E-state index contributed by atoms with van der Waals surface area (Å²) < 4.78 is 38.8. The maximum absolute atomic E-state index is 13.9. The van der Waals surface area contributed by atoms with E-state index in [1.807, 2.05) is 0 Å². The van der Waals surface area contributed by atoms with Crippen molar-refractivity contribution >= 4 is 32.9 Å². The molecule has 0 spiro atoms. The number of aliphatic imine (C=N–C) groups is 1. The van der Waals surface area contributed by atoms with Gasteiger partial charge in [-0.1, -0.05) is 17.7 Å². The number of halogens is 2. The van der Waals surface area contributed by atoms with E-state index in [-0.39, 0.29) is 21.5 Å². The third-order valence-corrected chi connectivity index (χ3v) is 6.97. The summed E-state index contributed by atoms with van der Waals surface area (Å²) in [5.41, 5.74) is 1.73. The summed E-state index contributed by atoms with van der Waals surface area (Å²) in [4.78, 5) is 17.0. The van der Waals surface area contributed by atoms with Crippen LogP contribution in [-0.2, 0) is 14.6 Å². The van der Waals surface area contributed by atoms with Gasteiger partial charge >= 0.3 is 0 Å². The number of fused-ring (bicyclic) bond motifs is 1. The Morgan fingerprint density at radius 2 is 1.96 bits per heavy atom. The molecule has 0 aromatic heterocycles. The van der Waals surface area contributed by atoms with E-state index < -0.39 is 27.5 Å². The van der Waals surface area contributed by atoms with Crippen LogP contribution >= 0.6 is 11.6 Å². The van der Waals surface area contributed by atoms with Crippen molar-refractivity contribution in [3.63, 3.8) is 0 Å². The molecule has 0 N–H and O–H groups in total. The SMILES string of the molecule is O=C1CCC2=NC3=C(C(c4ccc(Cl)c(F)c4)C12)S(=O)(=O)CC3. The molecular weight excluding hydrogens is 341 g/mol. The summed E-state index contributed by atoms with van der Waals surface area (Å²) in [5.74, 6) is -1.91. The summed E-state index contributed by atoms with van der Waals surface area (Å²) in [6.45, 7) is 0. The summed E-state index contributed by atoms with van der Waals surface area (Å²) in [5, 5.41) is -0.0281. The fourth-order valence-corrected chi connectivity index (χ4v) is 5.72. The third-order valence-electron chi connectivity index (χ3n) is 4.76. The van der Waals surface area contributed by atoms with Crippen LogP contribution < -0.4 is 0 Å². The first kappa shape index (κ1) is 15.0. The second kappa shape index (κ2) is 4.98. The Balaban J connectivity index is 1.95. The first-order valence-corrected chi connectivity index (χ1v) is 9.42. The minimum Gasteiger partial charge on any atom is -0.299 e. The Bertz CT molecular complexity index is 904. The lowest BCUT2D eigenvalue weighted by Crippen LogP contribution is -2.30. The Morgan fingerprint density at radius 3 is 2.70 bits per heavy atom. The largest absolute Gasteiger partial charge is 0.299 e. The maximum atomic E-state index is 13.9. The maximum Gasteiger partial charge on any atom is 0.177 e. The zero-order valence-electron chi connectivity index (χ0n) is 12.1. The average molecular weight is 354 g/mol. The lowest BCUT2D eigenvalue weighted by atomic mass is 9.80. The van der Waals surface area contributed by atoms with Crippen LogP contribution in [0.5, 0.6) is 0 Å². The van der Waals surface area contributed by atoms with Gasteiger partial charge in [-0.05, 0) is 24.1 Å². The number of hydrogen-bond acceptors (Lipinski definition) is 4. The van der Waals surface area contributed by atoms with Gasteiger partial charge in [0.05, 0.1) is 27.3 Å². The van der Waals surface area contributed by atoms with E-state index in [1.165, 1.54) is 12.1 Å². The van der Waals surface area contributed by atoms with Crippen molar-refractivity contribution in [2.75, 3.05) is 5.75 Å². The molecule has 0 amide bonds. The van der Waals surface area contributed by atoms with Crippen LogP contribution in [0.3, 0.4) is 0 Å². The van der Waals surface area contributed by atoms with Crippen molar-refractivity contribution in [1.82, 2.24) is 0 Å². The Morgan fingerprint density at radius 1 is 1.17 bits per heavy atom. The monoisotopic (exact) mass is 353 g/mol. The summed E-state index contributed by atoms with van der Waals surface area (Å²) in [6, 6.07) is 4.24. The third kappa shape index (κ3) is 2.19. The van der Waals surface area contributed by atoms with E-state index in [0.717, 1.165) is 5.71 Å². The highest BCUT2D eigenvalue weighted by Gasteiger charge is 2.49. The second-order valence-corrected chi connectivity index (χ2v) is 8.56. The second-order valence-electron chi connectivity index (χ2n) is 6.08. The smallest absolute Gasteiger partial charge is 0.177 e. The predicted octanol–water partition coefficient (Wildman–Crippen LogP) is 3.03. The molecule has 1 saturated carbocycles. The standard InChI is InChI=1S/C16H13ClFNO3S/c17-9-2-1-8(7-10(9)18)14-15-11(3-4-13(15)20)19-12-5-6-23(21,22)16(12)14/h1-2,7,14-15H,3-6H2. The number of carbonyl (C=O) groups is 1. The molecule has 1 aromatic rings. The molecule has 0 saturated heterocycles. The van der Waals surface area contributed by atoms with E-state index in [2.05, 4.69) is 4.99 Å². The highest BCUT2D eigenvalue weighted by molar-refractivity contribution is 7.95. The van der Waals surface area contributed by atoms with E-state index in [0.29, 0.717) is 30.5 Å². The minimum absolute atomic E-state index is 0.00191. The molecule has 0 radical (unpaired) electrons. The molecule has 1 aliphatic carbocycles. The van der Waals surface area contributed by atoms with Gasteiger partial charge < -0.3 is 0 Å². The molecule has 0 bridgehead atoms. The van der Waals surface area contributed by atoms with Crippen molar-refractivity contribution in [2.45, 2.75) is 25.2 Å². The number of nitrogens with zero attached hydrogens (tertiary/aromatic N) is 1. The molecule has 4 rings (SSSR count). The molecule has 4 nitrogen and oxygen atoms in total. The predicted molar refractivity (Wildman–Crippen MR) is 84.7 cm³/mol. The molecule has 23 heavy (non-hydrogen) atoms. The number of Topliss-reactive ketones (excluding diaryl/α,β-unsaturated/α-hetero) is 1. The van der Waals surface area contributed by atoms with Crippen molar-refractivity contribution in [3.05, 3.63) is 45.2 Å². The molecule has 3 aliphatic rings. The number of sulfone groups is 1. The quantitative estimate of drug-likeness (QED) is 0.779. The van der Waals surface area contributed by atoms with Gasteiger partial charge in [0.1, 0.15) is 11.6 Å². The van der Waals surface area contributed by atoms with Gasteiger partial charge in [0.15, 0.2) is 9.84 Å². The van der Waals surface area contributed by atoms with Crippen LogP contribution in [0.15, 0.2) is 33.8 Å². The van der Waals surface area contributed by atoms with Gasteiger partial charge in [-0.15, -0.1) is 0 Å². The molecular formula is C16H13ClFNO3S. The minimum atomic E-state index is -3.46. The fourth-order valence-electron chi connectivity index (χ4n) is 3.75. The van der Waals surface area contributed by atoms with Gasteiger partial charge in [0.25, 0.3) is 0 Å². The Kier molecular flexibility index (Phi) is 3.25. The zero-order valence-corrected chi connectivity index (χ0v) is 13.6. The molecule has 2 unspecified atom stereocenters. The van der Waals surface area contributed by atoms with Crippen LogP contribution in [0.2, 0.25) is 5.02 Å². The van der Waals surface area contributed by atoms with Crippen LogP contribution in [0.25, 0.3) is 0 Å². The Labute approximate surface area is 138 Å². The average Bonchev–Trinajstić information content (AvgIpc) is 3.01. The molecule has 2 aliphatic heterocycles. The van der Waals surface area contributed by atoms with E-state index in [9.17, 15) is 17.6 Å². The lowest BCUT2D eigenvalue weighted by Gasteiger charge is -2.28. The lowest BCUT2D eigenvalue weighted by molar-refractivity contribution is -0.120. The van der Waals surface area contributed by atoms with Gasteiger partial charge in [0.2, 0.25) is 0 Å². The Hall–Kier alpha value is -1.53. The summed E-state index contributed by atoms with van der Waals surface area (Å²) in [6.07, 6.45) is 1.26. The zero-order chi connectivity index (χ0) is 16.4. The number of ketones is 1. The molecule has 1 fully saturated rings. The summed E-state index contributed by atoms with van der Waals surface area (Å²) in [7, 11) is -3.46. The number of rotatable bonds is 1. The van der Waals surface area contributed by atoms with Gasteiger partial charge in [0, 0.05) is 24.5 Å². The van der Waals surface area contributed by atoms with Crippen LogP contribution in [0.1, 0.15) is 30.7 Å². The number of hydrogen-bond donors (Lipinski definition) is 0. The van der Waals surface area contributed by atoms with Crippen molar-refractivity contribution < 1.29 is 17.6 Å². The number of allylic oxidation sites excluding steroid dienone is 2. The van der Waals surface area contributed by atoms with E-state index in [4.69, 9.17) is 11.6 Å². The molecule has 2 heterocycles.